The van der Waals surface area contributed by atoms with Crippen molar-refractivity contribution < 1.29 is 13.2 Å². The van der Waals surface area contributed by atoms with Gasteiger partial charge in [0.2, 0.25) is 5.82 Å². The van der Waals surface area contributed by atoms with Crippen molar-refractivity contribution in [3.8, 4) is 11.3 Å². The fourth-order valence-corrected chi connectivity index (χ4v) is 1.70. The van der Waals surface area contributed by atoms with Crippen molar-refractivity contribution >= 4 is 12.0 Å². The van der Waals surface area contributed by atoms with Crippen LogP contribution >= 0.6 is 0 Å². The van der Waals surface area contributed by atoms with E-state index in [9.17, 15) is 13.2 Å². The molecule has 0 amide bonds. The van der Waals surface area contributed by atoms with Crippen molar-refractivity contribution in [3.05, 3.63) is 41.5 Å². The van der Waals surface area contributed by atoms with Gasteiger partial charge in [-0.25, -0.2) is 23.1 Å². The highest BCUT2D eigenvalue weighted by molar-refractivity contribution is 5.85. The van der Waals surface area contributed by atoms with Crippen LogP contribution < -0.4 is 5.43 Å². The highest BCUT2D eigenvalue weighted by Crippen LogP contribution is 2.28. The second kappa shape index (κ2) is 4.34. The van der Waals surface area contributed by atoms with Gasteiger partial charge in [0.15, 0.2) is 0 Å². The van der Waals surface area contributed by atoms with Crippen LogP contribution in [0.4, 0.5) is 19.0 Å². The van der Waals surface area contributed by atoms with Gasteiger partial charge in [0.05, 0.1) is 23.7 Å². The van der Waals surface area contributed by atoms with Crippen molar-refractivity contribution in [3.63, 3.8) is 0 Å². The Morgan fingerprint density at radius 1 is 1.16 bits per heavy atom. The smallest absolute Gasteiger partial charge is 0.249 e. The van der Waals surface area contributed by atoms with Gasteiger partial charge in [0, 0.05) is 5.56 Å². The minimum atomic E-state index is -2.88. The molecule has 1 radical (unpaired) electrons. The Balaban J connectivity index is 2.05. The third-order valence-electron chi connectivity index (χ3n) is 2.64. The molecule has 0 unspecified atom stereocenters. The average molecular weight is 263 g/mol. The molecule has 95 valence electrons. The quantitative estimate of drug-likeness (QED) is 0.836. The minimum Gasteiger partial charge on any atom is -0.249 e. The summed E-state index contributed by atoms with van der Waals surface area (Å²) >= 11 is 0. The summed E-state index contributed by atoms with van der Waals surface area (Å²) in [7, 11) is 0. The fourth-order valence-electron chi connectivity index (χ4n) is 1.70. The number of benzene rings is 1. The topological polar surface area (TPSA) is 52.2 Å². The average Bonchev–Trinajstić information content (AvgIpc) is 2.86. The molecular weight excluding hydrogens is 257 g/mol. The van der Waals surface area contributed by atoms with Gasteiger partial charge in [-0.1, -0.05) is 0 Å². The van der Waals surface area contributed by atoms with Gasteiger partial charge < -0.3 is 0 Å². The molecule has 1 aliphatic rings. The first kappa shape index (κ1) is 11.6. The van der Waals surface area contributed by atoms with E-state index >= 15 is 0 Å². The highest BCUT2D eigenvalue weighted by atomic mass is 19.3. The van der Waals surface area contributed by atoms with Gasteiger partial charge in [0.1, 0.15) is 11.5 Å². The Morgan fingerprint density at radius 3 is 2.79 bits per heavy atom. The van der Waals surface area contributed by atoms with Gasteiger partial charge in [0.25, 0.3) is 6.43 Å². The van der Waals surface area contributed by atoms with Crippen molar-refractivity contribution in [1.82, 2.24) is 15.4 Å². The van der Waals surface area contributed by atoms with Crippen molar-refractivity contribution in [2.24, 2.45) is 5.10 Å². The molecule has 4 nitrogen and oxygen atoms in total. The summed E-state index contributed by atoms with van der Waals surface area (Å²) in [5, 5.41) is 3.64. The van der Waals surface area contributed by atoms with Crippen molar-refractivity contribution in [2.45, 2.75) is 6.43 Å². The van der Waals surface area contributed by atoms with Crippen LogP contribution in [0.5, 0.6) is 0 Å². The molecule has 1 aliphatic heterocycles. The first-order valence-electron chi connectivity index (χ1n) is 5.34. The van der Waals surface area contributed by atoms with E-state index in [-0.39, 0.29) is 0 Å². The maximum absolute atomic E-state index is 13.2. The maximum Gasteiger partial charge on any atom is 0.266 e. The molecule has 0 saturated heterocycles. The number of hydrogen-bond donors (Lipinski definition) is 0. The summed E-state index contributed by atoms with van der Waals surface area (Å²) in [5.41, 5.74) is 4.29. The lowest BCUT2D eigenvalue weighted by Crippen LogP contribution is -1.96. The lowest BCUT2D eigenvalue weighted by Gasteiger charge is -2.06. The number of hydrogen-bond acceptors (Lipinski definition) is 3. The van der Waals surface area contributed by atoms with E-state index in [1.807, 2.05) is 0 Å². The highest BCUT2D eigenvalue weighted by Gasteiger charge is 2.17. The lowest BCUT2D eigenvalue weighted by molar-refractivity contribution is 0.146. The normalized spacial score (nSPS) is 12.6. The zero-order valence-corrected chi connectivity index (χ0v) is 9.39. The van der Waals surface area contributed by atoms with Gasteiger partial charge in [-0.15, -0.1) is 5.43 Å². The van der Waals surface area contributed by atoms with Gasteiger partial charge in [-0.05, 0) is 18.2 Å². The predicted molar refractivity (Wildman–Crippen MR) is 61.8 cm³/mol. The third kappa shape index (κ3) is 2.03. The van der Waals surface area contributed by atoms with Crippen molar-refractivity contribution in [1.29, 1.82) is 0 Å². The van der Waals surface area contributed by atoms with Crippen LogP contribution in [-0.4, -0.2) is 16.2 Å². The van der Waals surface area contributed by atoms with Crippen LogP contribution in [0.2, 0.25) is 0 Å². The SMILES string of the molecule is Fc1ccc(-c2cnc3c(n2)[N]N=C3)cc1C(F)F. The molecule has 0 aliphatic carbocycles. The van der Waals surface area contributed by atoms with Gasteiger partial charge >= 0.3 is 0 Å². The molecule has 2 aromatic rings. The third-order valence-corrected chi connectivity index (χ3v) is 2.64. The molecule has 1 aromatic heterocycles. The van der Waals surface area contributed by atoms with Crippen LogP contribution in [0.15, 0.2) is 29.5 Å². The summed E-state index contributed by atoms with van der Waals surface area (Å²) < 4.78 is 38.5. The maximum atomic E-state index is 13.2. The molecule has 0 bridgehead atoms. The Kier molecular flexibility index (Phi) is 2.66. The molecule has 0 fully saturated rings. The minimum absolute atomic E-state index is 0.320. The number of fused-ring (bicyclic) bond motifs is 1. The molecule has 19 heavy (non-hydrogen) atoms. The summed E-state index contributed by atoms with van der Waals surface area (Å²) in [6.45, 7) is 0. The second-order valence-electron chi connectivity index (χ2n) is 3.85. The molecule has 7 heteroatoms. The lowest BCUT2D eigenvalue weighted by atomic mass is 10.1. The summed E-state index contributed by atoms with van der Waals surface area (Å²) in [5.74, 6) is -0.624. The van der Waals surface area contributed by atoms with Crippen LogP contribution in [0, 0.1) is 5.82 Å². The number of nitrogens with zero attached hydrogens (tertiary/aromatic N) is 4. The predicted octanol–water partition coefficient (Wildman–Crippen LogP) is 2.80. The van der Waals surface area contributed by atoms with E-state index in [0.717, 1.165) is 12.1 Å². The number of aromatic nitrogens is 2. The van der Waals surface area contributed by atoms with Gasteiger partial charge in [-0.2, -0.15) is 5.10 Å². The fraction of sp³-hybridized carbons (Fsp3) is 0.0833. The van der Waals surface area contributed by atoms with E-state index in [2.05, 4.69) is 20.5 Å². The van der Waals surface area contributed by atoms with Crippen LogP contribution in [-0.2, 0) is 0 Å². The first-order chi connectivity index (χ1) is 9.15. The Labute approximate surface area is 106 Å². The first-order valence-corrected chi connectivity index (χ1v) is 5.34. The second-order valence-corrected chi connectivity index (χ2v) is 3.85. The Morgan fingerprint density at radius 2 is 2.00 bits per heavy atom. The monoisotopic (exact) mass is 263 g/mol. The summed E-state index contributed by atoms with van der Waals surface area (Å²) in [4.78, 5) is 8.18. The molecule has 1 aromatic carbocycles. The largest absolute Gasteiger partial charge is 0.266 e. The number of rotatable bonds is 2. The zero-order valence-electron chi connectivity index (χ0n) is 9.39. The van der Waals surface area contributed by atoms with E-state index in [1.54, 1.807) is 0 Å². The molecule has 0 atom stereocenters. The molecule has 0 N–H and O–H groups in total. The molecule has 3 rings (SSSR count). The molecule has 0 saturated carbocycles. The summed E-state index contributed by atoms with van der Waals surface area (Å²) in [6, 6.07) is 3.42. The van der Waals surface area contributed by atoms with E-state index in [4.69, 9.17) is 0 Å². The van der Waals surface area contributed by atoms with Gasteiger partial charge in [-0.3, -0.25) is 0 Å². The van der Waals surface area contributed by atoms with Crippen LogP contribution in [0.1, 0.15) is 17.7 Å². The Hall–Kier alpha value is -2.44. The summed E-state index contributed by atoms with van der Waals surface area (Å²) in [6.07, 6.45) is -0.0226. The molecule has 2 heterocycles. The number of alkyl halides is 2. The van der Waals surface area contributed by atoms with E-state index in [1.165, 1.54) is 18.5 Å². The van der Waals surface area contributed by atoms with Crippen LogP contribution in [0.25, 0.3) is 11.3 Å². The Bertz CT molecular complexity index is 670. The molecular formula is C12H6F3N4. The number of halogens is 3. The standard InChI is InChI=1S/C12H6F3N4/c13-8-2-1-6(3-7(8)11(14)15)9-4-16-10-5-17-19-12(10)18-9/h1-5,11H. The molecule has 0 spiro atoms. The van der Waals surface area contributed by atoms with Crippen LogP contribution in [0.3, 0.4) is 0 Å². The zero-order chi connectivity index (χ0) is 13.4. The van der Waals surface area contributed by atoms with Crippen molar-refractivity contribution in [2.75, 3.05) is 0 Å². The van der Waals surface area contributed by atoms with E-state index < -0.39 is 17.8 Å². The van der Waals surface area contributed by atoms with E-state index in [0.29, 0.717) is 22.8 Å².